The van der Waals surface area contributed by atoms with Gasteiger partial charge >= 0.3 is 0 Å². The zero-order chi connectivity index (χ0) is 6.81. The van der Waals surface area contributed by atoms with E-state index in [0.29, 0.717) is 0 Å². The molecule has 0 unspecified atom stereocenters. The summed E-state index contributed by atoms with van der Waals surface area (Å²) >= 11 is 0. The van der Waals surface area contributed by atoms with E-state index in [9.17, 15) is 0 Å². The van der Waals surface area contributed by atoms with Crippen LogP contribution in [-0.2, 0) is 0 Å². The summed E-state index contributed by atoms with van der Waals surface area (Å²) in [7, 11) is 0. The normalized spacial score (nSPS) is 13.8. The van der Waals surface area contributed by atoms with Crippen LogP contribution in [0.1, 0.15) is 6.42 Å². The lowest BCUT2D eigenvalue weighted by Gasteiger charge is -2.30. The fourth-order valence-electron chi connectivity index (χ4n) is 0.971. The van der Waals surface area contributed by atoms with Gasteiger partial charge in [0.05, 0.1) is 0 Å². The van der Waals surface area contributed by atoms with Crippen molar-refractivity contribution in [1.29, 1.82) is 0 Å². The summed E-state index contributed by atoms with van der Waals surface area (Å²) in [5.41, 5.74) is 0. The van der Waals surface area contributed by atoms with E-state index in [1.807, 2.05) is 6.07 Å². The molecule has 5 heteroatoms. The Hall–Kier alpha value is -1.23. The summed E-state index contributed by atoms with van der Waals surface area (Å²) in [4.78, 5) is 10.4. The quantitative estimate of drug-likeness (QED) is 0.601. The van der Waals surface area contributed by atoms with Gasteiger partial charge in [0.1, 0.15) is 0 Å². The standard InChI is InChI=1S/C7H9N3.FH.H2O/c1-3-8-7(9-4-1)10-5-2-6-10;;/h1,3-4H,2,5-6H2;1H;1H2. The van der Waals surface area contributed by atoms with Gasteiger partial charge in [0.2, 0.25) is 5.95 Å². The van der Waals surface area contributed by atoms with Gasteiger partial charge in [0.15, 0.2) is 0 Å². The number of anilines is 1. The van der Waals surface area contributed by atoms with E-state index >= 15 is 0 Å². The second kappa shape index (κ2) is 4.61. The molecule has 0 bridgehead atoms. The Morgan fingerprint density at radius 2 is 1.75 bits per heavy atom. The number of rotatable bonds is 1. The average Bonchev–Trinajstić information content (AvgIpc) is 1.86. The van der Waals surface area contributed by atoms with Crippen LogP contribution in [0.5, 0.6) is 0 Å². The number of hydrogen-bond acceptors (Lipinski definition) is 3. The summed E-state index contributed by atoms with van der Waals surface area (Å²) in [5, 5.41) is 0. The molecule has 1 aliphatic rings. The van der Waals surface area contributed by atoms with Gasteiger partial charge in [-0.05, 0) is 12.5 Å². The molecule has 0 spiro atoms. The first-order valence-corrected chi connectivity index (χ1v) is 3.49. The lowest BCUT2D eigenvalue weighted by Crippen LogP contribution is -2.38. The molecule has 68 valence electrons. The van der Waals surface area contributed by atoms with E-state index < -0.39 is 0 Å². The van der Waals surface area contributed by atoms with E-state index in [2.05, 4.69) is 14.9 Å². The Morgan fingerprint density at radius 1 is 1.17 bits per heavy atom. The molecule has 2 N–H and O–H groups in total. The third kappa shape index (κ3) is 1.88. The minimum absolute atomic E-state index is 0. The van der Waals surface area contributed by atoms with E-state index in [4.69, 9.17) is 0 Å². The summed E-state index contributed by atoms with van der Waals surface area (Å²) in [6, 6.07) is 1.84. The van der Waals surface area contributed by atoms with Crippen molar-refractivity contribution in [2.75, 3.05) is 18.0 Å². The van der Waals surface area contributed by atoms with Crippen molar-refractivity contribution in [3.05, 3.63) is 18.5 Å². The van der Waals surface area contributed by atoms with Gasteiger partial charge in [0, 0.05) is 25.5 Å². The second-order valence-corrected chi connectivity index (χ2v) is 2.39. The minimum atomic E-state index is 0. The molecule has 1 aliphatic heterocycles. The van der Waals surface area contributed by atoms with Crippen molar-refractivity contribution in [2.24, 2.45) is 0 Å². The summed E-state index contributed by atoms with van der Waals surface area (Å²) in [6.07, 6.45) is 4.83. The zero-order valence-electron chi connectivity index (χ0n) is 6.60. The van der Waals surface area contributed by atoms with Crippen LogP contribution in [0, 0.1) is 0 Å². The molecule has 1 aromatic heterocycles. The number of hydrogen-bond donors (Lipinski definition) is 0. The Bertz CT molecular complexity index is 215. The van der Waals surface area contributed by atoms with E-state index in [-0.39, 0.29) is 10.2 Å². The lowest BCUT2D eigenvalue weighted by molar-refractivity contribution is 0.600. The summed E-state index contributed by atoms with van der Waals surface area (Å²) in [6.45, 7) is 2.23. The second-order valence-electron chi connectivity index (χ2n) is 2.39. The molecule has 2 heterocycles. The Kier molecular flexibility index (Phi) is 4.14. The Morgan fingerprint density at radius 3 is 2.17 bits per heavy atom. The first-order chi connectivity index (χ1) is 4.97. The average molecular weight is 173 g/mol. The SMILES string of the molecule is F.O.c1cnc(N2CCC2)nc1. The van der Waals surface area contributed by atoms with Gasteiger partial charge in [-0.1, -0.05) is 0 Å². The molecule has 0 amide bonds. The van der Waals surface area contributed by atoms with Crippen molar-refractivity contribution in [3.63, 3.8) is 0 Å². The summed E-state index contributed by atoms with van der Waals surface area (Å²) in [5.74, 6) is 0.869. The summed E-state index contributed by atoms with van der Waals surface area (Å²) < 4.78 is 0. The van der Waals surface area contributed by atoms with Crippen LogP contribution in [0.2, 0.25) is 0 Å². The van der Waals surface area contributed by atoms with Crippen LogP contribution < -0.4 is 4.90 Å². The van der Waals surface area contributed by atoms with Gasteiger partial charge in [-0.15, -0.1) is 0 Å². The van der Waals surface area contributed by atoms with Crippen molar-refractivity contribution < 1.29 is 10.2 Å². The van der Waals surface area contributed by atoms with Gasteiger partial charge in [-0.25, -0.2) is 9.97 Å². The highest BCUT2D eigenvalue weighted by Gasteiger charge is 2.15. The number of aromatic nitrogens is 2. The zero-order valence-corrected chi connectivity index (χ0v) is 6.60. The molecular formula is C7H12FN3O. The fourth-order valence-corrected chi connectivity index (χ4v) is 0.971. The Balaban J connectivity index is 0.000000605. The van der Waals surface area contributed by atoms with Crippen molar-refractivity contribution >= 4 is 5.95 Å². The first-order valence-electron chi connectivity index (χ1n) is 3.49. The highest BCUT2D eigenvalue weighted by atomic mass is 19.0. The molecule has 2 rings (SSSR count). The van der Waals surface area contributed by atoms with Crippen LogP contribution >= 0.6 is 0 Å². The predicted octanol–water partition coefficient (Wildman–Crippen LogP) is 0.0145. The fraction of sp³-hybridized carbons (Fsp3) is 0.429. The number of halogens is 1. The van der Waals surface area contributed by atoms with E-state index in [1.165, 1.54) is 6.42 Å². The van der Waals surface area contributed by atoms with Crippen molar-refractivity contribution in [2.45, 2.75) is 6.42 Å². The van der Waals surface area contributed by atoms with Crippen LogP contribution in [0.15, 0.2) is 18.5 Å². The lowest BCUT2D eigenvalue weighted by atomic mass is 10.2. The van der Waals surface area contributed by atoms with Crippen LogP contribution in [0.4, 0.5) is 10.7 Å². The molecule has 4 nitrogen and oxygen atoms in total. The highest BCUT2D eigenvalue weighted by Crippen LogP contribution is 2.12. The van der Waals surface area contributed by atoms with Crippen molar-refractivity contribution in [1.82, 2.24) is 9.97 Å². The molecule has 0 aliphatic carbocycles. The van der Waals surface area contributed by atoms with E-state index in [1.54, 1.807) is 12.4 Å². The van der Waals surface area contributed by atoms with Crippen LogP contribution in [0.25, 0.3) is 0 Å². The Labute approximate surface area is 69.9 Å². The predicted molar refractivity (Wildman–Crippen MR) is 45.0 cm³/mol. The van der Waals surface area contributed by atoms with Crippen LogP contribution in [0.3, 0.4) is 0 Å². The highest BCUT2D eigenvalue weighted by molar-refractivity contribution is 5.31. The van der Waals surface area contributed by atoms with Gasteiger partial charge in [-0.2, -0.15) is 0 Å². The smallest absolute Gasteiger partial charge is 0.225 e. The topological polar surface area (TPSA) is 60.5 Å². The molecule has 0 saturated carbocycles. The largest absolute Gasteiger partial charge is 0.412 e. The molecule has 12 heavy (non-hydrogen) atoms. The molecule has 0 aromatic carbocycles. The maximum absolute atomic E-state index is 4.12. The maximum atomic E-state index is 4.12. The molecule has 1 aromatic rings. The first kappa shape index (κ1) is 10.8. The maximum Gasteiger partial charge on any atom is 0.225 e. The van der Waals surface area contributed by atoms with Crippen molar-refractivity contribution in [3.8, 4) is 0 Å². The molecule has 0 radical (unpaired) electrons. The third-order valence-electron chi connectivity index (χ3n) is 1.69. The van der Waals surface area contributed by atoms with Gasteiger partial charge in [0.25, 0.3) is 0 Å². The third-order valence-corrected chi connectivity index (χ3v) is 1.69. The van der Waals surface area contributed by atoms with Gasteiger partial charge < -0.3 is 10.4 Å². The number of nitrogens with zero attached hydrogens (tertiary/aromatic N) is 3. The monoisotopic (exact) mass is 173 g/mol. The molecule has 1 saturated heterocycles. The van der Waals surface area contributed by atoms with E-state index in [0.717, 1.165) is 19.0 Å². The molecule has 1 fully saturated rings. The van der Waals surface area contributed by atoms with Gasteiger partial charge in [-0.3, -0.25) is 4.70 Å². The minimum Gasteiger partial charge on any atom is -0.412 e. The molecular weight excluding hydrogens is 161 g/mol. The molecule has 0 atom stereocenters. The van der Waals surface area contributed by atoms with Crippen LogP contribution in [-0.4, -0.2) is 28.5 Å².